The van der Waals surface area contributed by atoms with Gasteiger partial charge in [-0.05, 0) is 37.8 Å². The van der Waals surface area contributed by atoms with E-state index in [1.807, 2.05) is 0 Å². The minimum atomic E-state index is 1.06. The average Bonchev–Trinajstić information content (AvgIpc) is 3.30. The molecule has 0 unspecified atom stereocenters. The highest BCUT2D eigenvalue weighted by Crippen LogP contribution is 2.24. The second kappa shape index (κ2) is 8.08. The number of rotatable bonds is 6. The second-order valence-corrected chi connectivity index (χ2v) is 7.31. The molecule has 2 aliphatic rings. The van der Waals surface area contributed by atoms with Crippen LogP contribution in [0.15, 0.2) is 45.8 Å². The number of hydrogen-bond acceptors (Lipinski definition) is 0. The Bertz CT molecular complexity index is 852. The van der Waals surface area contributed by atoms with Crippen LogP contribution in [0.1, 0.15) is 78.6 Å². The fraction of sp³-hybridized carbons (Fsp3) is 0.417. The van der Waals surface area contributed by atoms with Crippen molar-refractivity contribution in [3.8, 4) is 0 Å². The third-order valence-corrected chi connectivity index (χ3v) is 5.67. The molecular weight excluding hydrogens is 330 g/mol. The minimum Gasteiger partial charge on any atom is -0.355 e. The number of H-pyrrole nitrogens is 1. The molecule has 0 bridgehead atoms. The molecule has 1 aromatic heterocycles. The maximum atomic E-state index is 3.57. The fourth-order valence-corrected chi connectivity index (χ4v) is 4.40. The number of aromatic amines is 1. The van der Waals surface area contributed by atoms with E-state index in [4.69, 9.17) is 0 Å². The van der Waals surface area contributed by atoms with Crippen molar-refractivity contribution in [1.82, 2.24) is 4.98 Å². The molecular formula is C24H33N3+2. The van der Waals surface area contributed by atoms with Crippen LogP contribution >= 0.6 is 0 Å². The zero-order chi connectivity index (χ0) is 19.6. The van der Waals surface area contributed by atoms with Gasteiger partial charge in [-0.25, -0.2) is 9.98 Å². The summed E-state index contributed by atoms with van der Waals surface area (Å²) in [5.74, 6) is 0. The summed E-state index contributed by atoms with van der Waals surface area (Å²) >= 11 is 0. The van der Waals surface area contributed by atoms with Gasteiger partial charge >= 0.3 is 0 Å². The summed E-state index contributed by atoms with van der Waals surface area (Å²) in [7, 11) is 0. The first-order valence-corrected chi connectivity index (χ1v) is 10.3. The molecule has 0 radical (unpaired) electrons. The molecule has 3 rings (SSSR count). The van der Waals surface area contributed by atoms with E-state index in [-0.39, 0.29) is 0 Å². The SMILES string of the molecule is CCC1=C(CC)/C(=C/c2ccc(/C=C3\[NH+]=C(C)C(CC)=C3CC)[nH]2)[NH+]=C1C. The molecule has 142 valence electrons. The molecule has 0 aromatic carbocycles. The first-order valence-electron chi connectivity index (χ1n) is 10.3. The van der Waals surface area contributed by atoms with E-state index in [2.05, 4.69) is 80.8 Å². The van der Waals surface area contributed by atoms with Crippen molar-refractivity contribution < 1.29 is 9.98 Å². The molecule has 0 aliphatic carbocycles. The molecule has 0 spiro atoms. The molecule has 2 aliphatic heterocycles. The zero-order valence-electron chi connectivity index (χ0n) is 17.6. The second-order valence-electron chi connectivity index (χ2n) is 7.31. The van der Waals surface area contributed by atoms with Crippen molar-refractivity contribution in [1.29, 1.82) is 0 Å². The van der Waals surface area contributed by atoms with Crippen LogP contribution in [0.2, 0.25) is 0 Å². The lowest BCUT2D eigenvalue weighted by Crippen LogP contribution is -2.67. The van der Waals surface area contributed by atoms with Crippen LogP contribution in [0.5, 0.6) is 0 Å². The van der Waals surface area contributed by atoms with Crippen LogP contribution < -0.4 is 9.98 Å². The third-order valence-electron chi connectivity index (χ3n) is 5.67. The Morgan fingerprint density at radius 2 is 1.04 bits per heavy atom. The highest BCUT2D eigenvalue weighted by atomic mass is 14.8. The van der Waals surface area contributed by atoms with E-state index in [9.17, 15) is 0 Å². The molecule has 3 heteroatoms. The number of aromatic nitrogens is 1. The number of hydrogen-bond donors (Lipinski definition) is 3. The lowest BCUT2D eigenvalue weighted by Gasteiger charge is -1.99. The van der Waals surface area contributed by atoms with Gasteiger partial charge in [-0.1, -0.05) is 27.7 Å². The summed E-state index contributed by atoms with van der Waals surface area (Å²) in [6.45, 7) is 13.3. The first-order chi connectivity index (χ1) is 13.0. The molecule has 0 saturated heterocycles. The summed E-state index contributed by atoms with van der Waals surface area (Å²) in [5.41, 5.74) is 13.1. The van der Waals surface area contributed by atoms with Crippen LogP contribution in [0.4, 0.5) is 0 Å². The van der Waals surface area contributed by atoms with Gasteiger partial charge in [0.15, 0.2) is 11.4 Å². The Hall–Kier alpha value is -2.42. The van der Waals surface area contributed by atoms with E-state index in [0.717, 1.165) is 37.1 Å². The molecule has 0 atom stereocenters. The van der Waals surface area contributed by atoms with Gasteiger partial charge in [-0.15, -0.1) is 0 Å². The summed E-state index contributed by atoms with van der Waals surface area (Å²) < 4.78 is 0. The predicted octanol–water partition coefficient (Wildman–Crippen LogP) is 3.04. The van der Waals surface area contributed by atoms with Crippen LogP contribution in [0, 0.1) is 0 Å². The van der Waals surface area contributed by atoms with Gasteiger partial charge in [-0.2, -0.15) is 0 Å². The maximum absolute atomic E-state index is 3.57. The van der Waals surface area contributed by atoms with Gasteiger partial charge < -0.3 is 4.98 Å². The normalized spacial score (nSPS) is 20.4. The quantitative estimate of drug-likeness (QED) is 0.696. The lowest BCUT2D eigenvalue weighted by atomic mass is 10.0. The van der Waals surface area contributed by atoms with Crippen molar-refractivity contribution in [2.75, 3.05) is 0 Å². The van der Waals surface area contributed by atoms with Crippen molar-refractivity contribution >= 4 is 23.6 Å². The Morgan fingerprint density at radius 3 is 1.37 bits per heavy atom. The standard InChI is InChI=1S/C24H31N3/c1-7-19-15(5)25-23(21(19)9-3)13-17-11-12-18(27-17)14-24-22(10-4)20(8-2)16(6)26-24/h11-14,27H,7-10H2,1-6H3/p+2/b23-13-,24-14-. The summed E-state index contributed by atoms with van der Waals surface area (Å²) in [6.07, 6.45) is 8.74. The molecule has 0 fully saturated rings. The zero-order valence-corrected chi connectivity index (χ0v) is 17.6. The van der Waals surface area contributed by atoms with Gasteiger partial charge in [0.25, 0.3) is 0 Å². The van der Waals surface area contributed by atoms with Crippen LogP contribution in [-0.2, 0) is 0 Å². The van der Waals surface area contributed by atoms with E-state index >= 15 is 0 Å². The molecule has 3 N–H and O–H groups in total. The molecule has 3 heterocycles. The highest BCUT2D eigenvalue weighted by Gasteiger charge is 2.26. The monoisotopic (exact) mass is 363 g/mol. The Balaban J connectivity index is 1.91. The topological polar surface area (TPSA) is 43.7 Å². The predicted molar refractivity (Wildman–Crippen MR) is 115 cm³/mol. The van der Waals surface area contributed by atoms with Crippen molar-refractivity contribution in [3.63, 3.8) is 0 Å². The maximum Gasteiger partial charge on any atom is 0.209 e. The Labute approximate surface area is 163 Å². The lowest BCUT2D eigenvalue weighted by molar-refractivity contribution is -0.387. The van der Waals surface area contributed by atoms with Crippen LogP contribution in [-0.4, -0.2) is 16.4 Å². The van der Waals surface area contributed by atoms with Gasteiger partial charge in [0.1, 0.15) is 0 Å². The van der Waals surface area contributed by atoms with Crippen LogP contribution in [0.25, 0.3) is 12.2 Å². The number of nitrogens with one attached hydrogen (secondary N) is 3. The average molecular weight is 364 g/mol. The molecule has 3 nitrogen and oxygen atoms in total. The van der Waals surface area contributed by atoms with Crippen molar-refractivity contribution in [2.24, 2.45) is 0 Å². The minimum absolute atomic E-state index is 1.06. The Kier molecular flexibility index (Phi) is 5.79. The van der Waals surface area contributed by atoms with E-state index in [1.165, 1.54) is 45.1 Å². The fourth-order valence-electron chi connectivity index (χ4n) is 4.40. The molecule has 1 aromatic rings. The molecule has 0 amide bonds. The summed E-state index contributed by atoms with van der Waals surface area (Å²) in [5, 5.41) is 0. The van der Waals surface area contributed by atoms with Gasteiger partial charge in [0.05, 0.1) is 0 Å². The summed E-state index contributed by atoms with van der Waals surface area (Å²) in [6, 6.07) is 4.32. The largest absolute Gasteiger partial charge is 0.355 e. The van der Waals surface area contributed by atoms with E-state index in [1.54, 1.807) is 0 Å². The molecule has 27 heavy (non-hydrogen) atoms. The highest BCUT2D eigenvalue weighted by molar-refractivity contribution is 5.98. The third kappa shape index (κ3) is 3.69. The van der Waals surface area contributed by atoms with Gasteiger partial charge in [0.2, 0.25) is 11.4 Å². The Morgan fingerprint density at radius 1 is 0.667 bits per heavy atom. The van der Waals surface area contributed by atoms with Crippen LogP contribution in [0.3, 0.4) is 0 Å². The van der Waals surface area contributed by atoms with Gasteiger partial charge in [0, 0.05) is 59.7 Å². The first kappa shape index (κ1) is 19.3. The molecule has 0 saturated carbocycles. The van der Waals surface area contributed by atoms with E-state index in [0.29, 0.717) is 0 Å². The summed E-state index contributed by atoms with van der Waals surface area (Å²) in [4.78, 5) is 10.7. The van der Waals surface area contributed by atoms with Crippen molar-refractivity contribution in [2.45, 2.75) is 67.2 Å². The smallest absolute Gasteiger partial charge is 0.209 e. The van der Waals surface area contributed by atoms with E-state index < -0.39 is 0 Å². The number of allylic oxidation sites excluding steroid dienone is 4. The van der Waals surface area contributed by atoms with Gasteiger partial charge in [-0.3, -0.25) is 0 Å². The van der Waals surface area contributed by atoms with Crippen molar-refractivity contribution in [3.05, 3.63) is 57.2 Å².